The number of aliphatic hydroxyl groups excluding tert-OH is 1. The molecule has 1 aromatic carbocycles. The molecule has 0 bridgehead atoms. The number of hydrogen-bond donors (Lipinski definition) is 3. The van der Waals surface area contributed by atoms with E-state index in [1.54, 1.807) is 25.1 Å². The lowest BCUT2D eigenvalue weighted by Crippen LogP contribution is -2.30. The summed E-state index contributed by atoms with van der Waals surface area (Å²) in [5, 5.41) is 18.8. The number of likely N-dealkylation sites (N-methyl/N-ethyl adjacent to an activating group) is 1. The van der Waals surface area contributed by atoms with Crippen molar-refractivity contribution in [2.24, 2.45) is 0 Å². The van der Waals surface area contributed by atoms with Gasteiger partial charge in [0.2, 0.25) is 0 Å². The van der Waals surface area contributed by atoms with Gasteiger partial charge in [-0.2, -0.15) is 5.10 Å². The van der Waals surface area contributed by atoms with Crippen molar-refractivity contribution in [3.63, 3.8) is 0 Å². The second-order valence-electron chi connectivity index (χ2n) is 6.58. The summed E-state index contributed by atoms with van der Waals surface area (Å²) in [5.41, 5.74) is 0.878. The number of anilines is 2. The first-order valence-corrected chi connectivity index (χ1v) is 9.03. The maximum absolute atomic E-state index is 12.1. The molecule has 10 heteroatoms. The van der Waals surface area contributed by atoms with Gasteiger partial charge >= 0.3 is 17.8 Å². The van der Waals surface area contributed by atoms with Crippen molar-refractivity contribution >= 4 is 29.2 Å². The highest BCUT2D eigenvalue weighted by Crippen LogP contribution is 2.12. The zero-order valence-electron chi connectivity index (χ0n) is 16.6. The van der Waals surface area contributed by atoms with Crippen molar-refractivity contribution < 1.29 is 24.2 Å². The van der Waals surface area contributed by atoms with Gasteiger partial charge < -0.3 is 25.4 Å². The molecule has 2 rings (SSSR count). The van der Waals surface area contributed by atoms with E-state index in [-0.39, 0.29) is 18.7 Å². The second kappa shape index (κ2) is 10.3. The molecule has 0 aliphatic rings. The molecule has 0 aliphatic heterocycles. The third-order valence-corrected chi connectivity index (χ3v) is 3.70. The van der Waals surface area contributed by atoms with E-state index in [9.17, 15) is 19.5 Å². The topological polar surface area (TPSA) is 126 Å². The first kappa shape index (κ1) is 22.1. The van der Waals surface area contributed by atoms with Gasteiger partial charge in [-0.25, -0.2) is 4.79 Å². The Bertz CT molecular complexity index is 864. The highest BCUT2D eigenvalue weighted by molar-refractivity contribution is 6.43. The zero-order valence-corrected chi connectivity index (χ0v) is 16.6. The Labute approximate surface area is 168 Å². The number of carbonyl (C=O) groups is 3. The minimum atomic E-state index is -0.897. The molecule has 3 N–H and O–H groups in total. The van der Waals surface area contributed by atoms with Crippen LogP contribution in [0, 0.1) is 0 Å². The van der Waals surface area contributed by atoms with Gasteiger partial charge in [0.15, 0.2) is 0 Å². The summed E-state index contributed by atoms with van der Waals surface area (Å²) in [6, 6.07) is 6.10. The first-order valence-electron chi connectivity index (χ1n) is 9.03. The molecular weight excluding hydrogens is 378 g/mol. The van der Waals surface area contributed by atoms with Crippen LogP contribution in [0.25, 0.3) is 0 Å². The van der Waals surface area contributed by atoms with Crippen LogP contribution >= 0.6 is 0 Å². The SMILES string of the molecule is CCOC(=O)c1cccc(NC(=O)C(=O)Nc2cnn(C[C@H](O)CN(C)C)c2)c1. The van der Waals surface area contributed by atoms with E-state index < -0.39 is 23.9 Å². The molecule has 0 fully saturated rings. The molecule has 1 heterocycles. The molecule has 10 nitrogen and oxygen atoms in total. The number of nitrogens with zero attached hydrogens (tertiary/aromatic N) is 3. The van der Waals surface area contributed by atoms with E-state index in [1.807, 2.05) is 19.0 Å². The van der Waals surface area contributed by atoms with E-state index >= 15 is 0 Å². The van der Waals surface area contributed by atoms with Gasteiger partial charge in [-0.1, -0.05) is 6.07 Å². The van der Waals surface area contributed by atoms with Crippen molar-refractivity contribution in [1.82, 2.24) is 14.7 Å². The molecule has 2 amide bonds. The maximum atomic E-state index is 12.1. The number of amides is 2. The first-order chi connectivity index (χ1) is 13.8. The molecule has 0 saturated heterocycles. The van der Waals surface area contributed by atoms with Crippen molar-refractivity contribution in [1.29, 1.82) is 0 Å². The van der Waals surface area contributed by atoms with Gasteiger partial charge in [0, 0.05) is 18.4 Å². The van der Waals surface area contributed by atoms with Crippen molar-refractivity contribution in [3.8, 4) is 0 Å². The Kier molecular flexibility index (Phi) is 7.87. The van der Waals surface area contributed by atoms with Crippen LogP contribution in [0.1, 0.15) is 17.3 Å². The average molecular weight is 403 g/mol. The van der Waals surface area contributed by atoms with Crippen LogP contribution in [0.3, 0.4) is 0 Å². The minimum Gasteiger partial charge on any atom is -0.462 e. The van der Waals surface area contributed by atoms with Crippen LogP contribution in [0.15, 0.2) is 36.7 Å². The molecule has 1 atom stereocenters. The number of esters is 1. The standard InChI is InChI=1S/C19H25N5O5/c1-4-29-19(28)13-6-5-7-14(8-13)21-17(26)18(27)22-15-9-20-24(10-15)12-16(25)11-23(2)3/h5-10,16,25H,4,11-12H2,1-3H3,(H,21,26)(H,22,27)/t16-/m1/s1. The van der Waals surface area contributed by atoms with Gasteiger partial charge in [-0.3, -0.25) is 14.3 Å². The Hall–Kier alpha value is -3.24. The van der Waals surface area contributed by atoms with Gasteiger partial charge in [0.25, 0.3) is 0 Å². The summed E-state index contributed by atoms with van der Waals surface area (Å²) < 4.78 is 6.38. The van der Waals surface area contributed by atoms with Crippen molar-refractivity contribution in [2.45, 2.75) is 19.6 Å². The van der Waals surface area contributed by atoms with E-state index in [4.69, 9.17) is 4.74 Å². The highest BCUT2D eigenvalue weighted by Gasteiger charge is 2.16. The summed E-state index contributed by atoms with van der Waals surface area (Å²) in [7, 11) is 3.69. The molecule has 0 saturated carbocycles. The fourth-order valence-electron chi connectivity index (χ4n) is 2.54. The number of carbonyl (C=O) groups excluding carboxylic acids is 3. The van der Waals surface area contributed by atoms with Crippen molar-refractivity contribution in [2.75, 3.05) is 37.9 Å². The third kappa shape index (κ3) is 7.01. The summed E-state index contributed by atoms with van der Waals surface area (Å²) in [6.07, 6.45) is 2.28. The average Bonchev–Trinajstić information content (AvgIpc) is 3.08. The number of rotatable bonds is 8. The molecule has 0 aliphatic carbocycles. The Balaban J connectivity index is 1.92. The van der Waals surface area contributed by atoms with Crippen LogP contribution in [0.5, 0.6) is 0 Å². The van der Waals surface area contributed by atoms with E-state index in [0.717, 1.165) is 0 Å². The van der Waals surface area contributed by atoms with Crippen LogP contribution in [0.2, 0.25) is 0 Å². The van der Waals surface area contributed by atoms with Gasteiger partial charge in [-0.15, -0.1) is 0 Å². The number of hydrogen-bond acceptors (Lipinski definition) is 7. The predicted octanol–water partition coefficient (Wildman–Crippen LogP) is 0.560. The number of aliphatic hydroxyl groups is 1. The lowest BCUT2D eigenvalue weighted by atomic mass is 10.2. The number of ether oxygens (including phenoxy) is 1. The van der Waals surface area contributed by atoms with Crippen LogP contribution in [-0.2, 0) is 20.9 Å². The highest BCUT2D eigenvalue weighted by atomic mass is 16.5. The molecule has 2 aromatic rings. The van der Waals surface area contributed by atoms with Crippen LogP contribution < -0.4 is 10.6 Å². The fourth-order valence-corrected chi connectivity index (χ4v) is 2.54. The largest absolute Gasteiger partial charge is 0.462 e. The lowest BCUT2D eigenvalue weighted by molar-refractivity contribution is -0.132. The molecule has 0 unspecified atom stereocenters. The third-order valence-electron chi connectivity index (χ3n) is 3.70. The van der Waals surface area contributed by atoms with Gasteiger partial charge in [-0.05, 0) is 39.2 Å². The Morgan fingerprint density at radius 2 is 1.90 bits per heavy atom. The molecular formula is C19H25N5O5. The van der Waals surface area contributed by atoms with Crippen molar-refractivity contribution in [3.05, 3.63) is 42.2 Å². The fraction of sp³-hybridized carbons (Fsp3) is 0.368. The normalized spacial score (nSPS) is 11.8. The summed E-state index contributed by atoms with van der Waals surface area (Å²) in [6.45, 7) is 2.65. The summed E-state index contributed by atoms with van der Waals surface area (Å²) in [4.78, 5) is 37.8. The van der Waals surface area contributed by atoms with Crippen LogP contribution in [0.4, 0.5) is 11.4 Å². The summed E-state index contributed by atoms with van der Waals surface area (Å²) in [5.74, 6) is -2.30. The molecule has 29 heavy (non-hydrogen) atoms. The van der Waals surface area contributed by atoms with Gasteiger partial charge in [0.05, 0.1) is 36.7 Å². The lowest BCUT2D eigenvalue weighted by Gasteiger charge is -2.15. The van der Waals surface area contributed by atoms with E-state index in [1.165, 1.54) is 23.1 Å². The Morgan fingerprint density at radius 3 is 2.55 bits per heavy atom. The van der Waals surface area contributed by atoms with E-state index in [0.29, 0.717) is 17.9 Å². The number of aromatic nitrogens is 2. The quantitative estimate of drug-likeness (QED) is 0.434. The number of nitrogens with one attached hydrogen (secondary N) is 2. The minimum absolute atomic E-state index is 0.234. The molecule has 0 spiro atoms. The second-order valence-corrected chi connectivity index (χ2v) is 6.58. The monoisotopic (exact) mass is 403 g/mol. The zero-order chi connectivity index (χ0) is 21.4. The smallest absolute Gasteiger partial charge is 0.338 e. The molecule has 0 radical (unpaired) electrons. The predicted molar refractivity (Wildman–Crippen MR) is 106 cm³/mol. The molecule has 156 valence electrons. The maximum Gasteiger partial charge on any atom is 0.338 e. The number of benzene rings is 1. The van der Waals surface area contributed by atoms with Crippen LogP contribution in [-0.4, -0.2) is 70.9 Å². The van der Waals surface area contributed by atoms with Gasteiger partial charge in [0.1, 0.15) is 0 Å². The summed E-state index contributed by atoms with van der Waals surface area (Å²) >= 11 is 0. The van der Waals surface area contributed by atoms with E-state index in [2.05, 4.69) is 15.7 Å². The molecule has 1 aromatic heterocycles. The Morgan fingerprint density at radius 1 is 1.21 bits per heavy atom.